The van der Waals surface area contributed by atoms with Crippen LogP contribution in [0.25, 0.3) is 5.69 Å². The third-order valence-corrected chi connectivity index (χ3v) is 3.88. The van der Waals surface area contributed by atoms with Crippen LogP contribution in [-0.4, -0.2) is 38.2 Å². The first kappa shape index (κ1) is 13.6. The van der Waals surface area contributed by atoms with Gasteiger partial charge in [-0.05, 0) is 38.3 Å². The number of carbonyl (C=O) groups excluding carboxylic acids is 1. The highest BCUT2D eigenvalue weighted by atomic mass is 16.2. The first-order valence-corrected chi connectivity index (χ1v) is 7.22. The van der Waals surface area contributed by atoms with E-state index >= 15 is 0 Å². The van der Waals surface area contributed by atoms with Crippen molar-refractivity contribution in [2.45, 2.75) is 32.2 Å². The van der Waals surface area contributed by atoms with E-state index in [0.717, 1.165) is 25.8 Å². The molecule has 0 bridgehead atoms. The van der Waals surface area contributed by atoms with Crippen molar-refractivity contribution < 1.29 is 4.79 Å². The smallest absolute Gasteiger partial charge is 0.333 e. The first-order valence-electron chi connectivity index (χ1n) is 7.22. The molecule has 1 unspecified atom stereocenters. The summed E-state index contributed by atoms with van der Waals surface area (Å²) < 4.78 is 1.22. The maximum absolute atomic E-state index is 12.5. The number of aromatic nitrogens is 3. The van der Waals surface area contributed by atoms with Crippen molar-refractivity contribution in [3.8, 4) is 5.69 Å². The summed E-state index contributed by atoms with van der Waals surface area (Å²) in [5.41, 5.74) is 0.249. The van der Waals surface area contributed by atoms with Gasteiger partial charge in [0.05, 0.1) is 5.69 Å². The van der Waals surface area contributed by atoms with Crippen molar-refractivity contribution in [1.82, 2.24) is 19.7 Å². The van der Waals surface area contributed by atoms with E-state index in [-0.39, 0.29) is 17.8 Å². The van der Waals surface area contributed by atoms with Crippen LogP contribution in [0.2, 0.25) is 0 Å². The van der Waals surface area contributed by atoms with E-state index < -0.39 is 5.69 Å². The zero-order valence-corrected chi connectivity index (χ0v) is 12.0. The van der Waals surface area contributed by atoms with E-state index in [0.29, 0.717) is 5.69 Å². The Kier molecular flexibility index (Phi) is 3.60. The fourth-order valence-corrected chi connectivity index (χ4v) is 2.70. The molecule has 0 aliphatic carbocycles. The topological polar surface area (TPSA) is 71.0 Å². The second-order valence-electron chi connectivity index (χ2n) is 5.37. The molecule has 0 spiro atoms. The number of hydrogen-bond donors (Lipinski definition) is 1. The predicted molar refractivity (Wildman–Crippen MR) is 78.5 cm³/mol. The number of hydrogen-bond acceptors (Lipinski definition) is 3. The van der Waals surface area contributed by atoms with Gasteiger partial charge in [-0.25, -0.2) is 4.79 Å². The SMILES string of the molecule is CC1CCCCN1C(=O)c1nn(-c2ccccc2)c(=O)[nH]1. The number of likely N-dealkylation sites (tertiary alicyclic amines) is 1. The van der Waals surface area contributed by atoms with E-state index in [9.17, 15) is 9.59 Å². The second kappa shape index (κ2) is 5.55. The number of para-hydroxylation sites is 1. The van der Waals surface area contributed by atoms with Gasteiger partial charge < -0.3 is 4.90 Å². The summed E-state index contributed by atoms with van der Waals surface area (Å²) in [4.78, 5) is 28.8. The Morgan fingerprint density at radius 2 is 2.05 bits per heavy atom. The molecule has 1 fully saturated rings. The van der Waals surface area contributed by atoms with Crippen LogP contribution in [0.1, 0.15) is 36.8 Å². The molecule has 6 nitrogen and oxygen atoms in total. The second-order valence-corrected chi connectivity index (χ2v) is 5.37. The van der Waals surface area contributed by atoms with Crippen LogP contribution in [0.3, 0.4) is 0 Å². The molecule has 1 saturated heterocycles. The fraction of sp³-hybridized carbons (Fsp3) is 0.400. The van der Waals surface area contributed by atoms with Crippen LogP contribution in [0.4, 0.5) is 0 Å². The molecule has 1 aliphatic heterocycles. The highest BCUT2D eigenvalue weighted by molar-refractivity contribution is 5.90. The van der Waals surface area contributed by atoms with Crippen LogP contribution >= 0.6 is 0 Å². The van der Waals surface area contributed by atoms with E-state index in [2.05, 4.69) is 10.1 Å². The number of piperidine rings is 1. The maximum Gasteiger partial charge on any atom is 0.348 e. The summed E-state index contributed by atoms with van der Waals surface area (Å²) in [5, 5.41) is 4.15. The minimum Gasteiger partial charge on any atom is -0.333 e. The highest BCUT2D eigenvalue weighted by Gasteiger charge is 2.27. The number of nitrogens with zero attached hydrogens (tertiary/aromatic N) is 3. The lowest BCUT2D eigenvalue weighted by molar-refractivity contribution is 0.0623. The Morgan fingerprint density at radius 3 is 2.76 bits per heavy atom. The van der Waals surface area contributed by atoms with Crippen LogP contribution in [0.5, 0.6) is 0 Å². The molecule has 110 valence electrons. The Bertz CT molecular complexity index is 689. The van der Waals surface area contributed by atoms with E-state index in [1.165, 1.54) is 4.68 Å². The lowest BCUT2D eigenvalue weighted by Crippen LogP contribution is -2.42. The van der Waals surface area contributed by atoms with E-state index in [4.69, 9.17) is 0 Å². The summed E-state index contributed by atoms with van der Waals surface area (Å²) in [5.74, 6) is -0.0911. The van der Waals surface area contributed by atoms with Gasteiger partial charge in [0.25, 0.3) is 5.91 Å². The van der Waals surface area contributed by atoms with Crippen molar-refractivity contribution in [2.75, 3.05) is 6.54 Å². The monoisotopic (exact) mass is 286 g/mol. The molecule has 1 amide bonds. The van der Waals surface area contributed by atoms with Gasteiger partial charge in [0.15, 0.2) is 0 Å². The maximum atomic E-state index is 12.5. The summed E-state index contributed by atoms with van der Waals surface area (Å²) in [6.45, 7) is 2.75. The molecule has 6 heteroatoms. The van der Waals surface area contributed by atoms with Crippen LogP contribution < -0.4 is 5.69 Å². The van der Waals surface area contributed by atoms with Gasteiger partial charge in [-0.15, -0.1) is 5.10 Å². The molecule has 0 radical (unpaired) electrons. The molecule has 3 rings (SSSR count). The molecule has 1 aliphatic rings. The Balaban J connectivity index is 1.90. The molecule has 1 N–H and O–H groups in total. The molecule has 21 heavy (non-hydrogen) atoms. The van der Waals surface area contributed by atoms with E-state index in [1.807, 2.05) is 25.1 Å². The van der Waals surface area contributed by atoms with Crippen LogP contribution in [0.15, 0.2) is 35.1 Å². The van der Waals surface area contributed by atoms with Crippen molar-refractivity contribution >= 4 is 5.91 Å². The highest BCUT2D eigenvalue weighted by Crippen LogP contribution is 2.17. The number of amides is 1. The number of rotatable bonds is 2. The molecular weight excluding hydrogens is 268 g/mol. The quantitative estimate of drug-likeness (QED) is 0.911. The average Bonchev–Trinajstić information content (AvgIpc) is 2.90. The molecule has 2 aromatic rings. The van der Waals surface area contributed by atoms with E-state index in [1.54, 1.807) is 17.0 Å². The fourth-order valence-electron chi connectivity index (χ4n) is 2.70. The van der Waals surface area contributed by atoms with Gasteiger partial charge >= 0.3 is 5.69 Å². The summed E-state index contributed by atoms with van der Waals surface area (Å²) in [7, 11) is 0. The van der Waals surface area contributed by atoms with Gasteiger partial charge in [0, 0.05) is 12.6 Å². The average molecular weight is 286 g/mol. The van der Waals surface area contributed by atoms with Crippen molar-refractivity contribution in [3.63, 3.8) is 0 Å². The van der Waals surface area contributed by atoms with Crippen LogP contribution in [0, 0.1) is 0 Å². The molecule has 0 saturated carbocycles. The largest absolute Gasteiger partial charge is 0.348 e. The number of benzene rings is 1. The Morgan fingerprint density at radius 1 is 1.29 bits per heavy atom. The number of H-pyrrole nitrogens is 1. The van der Waals surface area contributed by atoms with Crippen molar-refractivity contribution in [1.29, 1.82) is 0 Å². The van der Waals surface area contributed by atoms with Gasteiger partial charge in [-0.3, -0.25) is 9.78 Å². The normalized spacial score (nSPS) is 18.7. The molecule has 1 aromatic heterocycles. The van der Waals surface area contributed by atoms with Gasteiger partial charge in [-0.1, -0.05) is 18.2 Å². The zero-order valence-electron chi connectivity index (χ0n) is 12.0. The van der Waals surface area contributed by atoms with Crippen LogP contribution in [-0.2, 0) is 0 Å². The molecule has 2 heterocycles. The standard InChI is InChI=1S/C15H18N4O2/c1-11-7-5-6-10-18(11)14(20)13-16-15(21)19(17-13)12-8-3-2-4-9-12/h2-4,8-9,11H,5-7,10H2,1H3,(H,16,17,21). The summed E-state index contributed by atoms with van der Waals surface area (Å²) in [6, 6.07) is 9.26. The van der Waals surface area contributed by atoms with Gasteiger partial charge in [0.2, 0.25) is 5.82 Å². The minimum absolute atomic E-state index is 0.109. The van der Waals surface area contributed by atoms with Gasteiger partial charge in [0.1, 0.15) is 0 Å². The Hall–Kier alpha value is -2.37. The molecule has 1 atom stereocenters. The number of carbonyl (C=O) groups is 1. The minimum atomic E-state index is -0.394. The lowest BCUT2D eigenvalue weighted by atomic mass is 10.0. The van der Waals surface area contributed by atoms with Gasteiger partial charge in [-0.2, -0.15) is 4.68 Å². The zero-order chi connectivity index (χ0) is 14.8. The van der Waals surface area contributed by atoms with Crippen molar-refractivity contribution in [2.24, 2.45) is 0 Å². The molecular formula is C15H18N4O2. The summed E-state index contributed by atoms with van der Waals surface area (Å²) >= 11 is 0. The Labute approximate surface area is 122 Å². The lowest BCUT2D eigenvalue weighted by Gasteiger charge is -2.32. The number of aromatic amines is 1. The third-order valence-electron chi connectivity index (χ3n) is 3.88. The summed E-state index contributed by atoms with van der Waals surface area (Å²) in [6.07, 6.45) is 3.13. The predicted octanol–water partition coefficient (Wildman–Crippen LogP) is 1.58. The third kappa shape index (κ3) is 2.61. The van der Waals surface area contributed by atoms with Crippen molar-refractivity contribution in [3.05, 3.63) is 46.6 Å². The number of nitrogens with one attached hydrogen (secondary N) is 1. The molecule has 1 aromatic carbocycles. The first-order chi connectivity index (χ1) is 10.2.